The number of aromatic nitrogens is 2. The van der Waals surface area contributed by atoms with E-state index in [-0.39, 0.29) is 17.2 Å². The molecule has 2 fully saturated rings. The Hall–Kier alpha value is -1.18. The van der Waals surface area contributed by atoms with Crippen LogP contribution in [0.2, 0.25) is 0 Å². The van der Waals surface area contributed by atoms with Gasteiger partial charge in [-0.3, -0.25) is 0 Å². The topological polar surface area (TPSA) is 56.7 Å². The third-order valence-corrected chi connectivity index (χ3v) is 4.81. The minimum absolute atomic E-state index is 0.288. The van der Waals surface area contributed by atoms with Crippen molar-refractivity contribution in [2.24, 2.45) is 0 Å². The van der Waals surface area contributed by atoms with Crippen molar-refractivity contribution in [1.82, 2.24) is 9.97 Å². The highest BCUT2D eigenvalue weighted by Crippen LogP contribution is 2.36. The van der Waals surface area contributed by atoms with Crippen LogP contribution in [0.5, 0.6) is 0 Å². The van der Waals surface area contributed by atoms with Crippen LogP contribution in [0.3, 0.4) is 0 Å². The normalized spacial score (nSPS) is 27.2. The van der Waals surface area contributed by atoms with Gasteiger partial charge in [0.25, 0.3) is 0 Å². The minimum Gasteiger partial charge on any atom is -0.399 e. The van der Waals surface area contributed by atoms with E-state index in [1.807, 2.05) is 27.7 Å². The first-order chi connectivity index (χ1) is 10.3. The van der Waals surface area contributed by atoms with Crippen molar-refractivity contribution < 1.29 is 14.0 Å². The van der Waals surface area contributed by atoms with Crippen molar-refractivity contribution in [2.75, 3.05) is 24.7 Å². The molecule has 2 aliphatic heterocycles. The molecule has 0 amide bonds. The van der Waals surface area contributed by atoms with Gasteiger partial charge >= 0.3 is 7.12 Å². The maximum Gasteiger partial charge on any atom is 0.498 e. The molecule has 1 aromatic rings. The number of nitrogens with zero attached hydrogens (tertiary/aromatic N) is 3. The van der Waals surface area contributed by atoms with Crippen LogP contribution in [0, 0.1) is 0 Å². The summed E-state index contributed by atoms with van der Waals surface area (Å²) < 4.78 is 17.5. The van der Waals surface area contributed by atoms with Crippen LogP contribution < -0.4 is 10.4 Å². The summed E-state index contributed by atoms with van der Waals surface area (Å²) in [6.45, 7) is 12.5. The molecule has 0 radical (unpaired) electrons. The Bertz CT molecular complexity index is 519. The van der Waals surface area contributed by atoms with Crippen molar-refractivity contribution >= 4 is 18.5 Å². The average Bonchev–Trinajstić information content (AvgIpc) is 2.68. The Morgan fingerprint density at radius 3 is 2.27 bits per heavy atom. The van der Waals surface area contributed by atoms with Gasteiger partial charge in [0.15, 0.2) is 0 Å². The molecular weight excluding hydrogens is 281 g/mol. The van der Waals surface area contributed by atoms with Gasteiger partial charge in [0.1, 0.15) is 0 Å². The number of ether oxygens (including phenoxy) is 1. The maximum atomic E-state index is 6.02. The number of hydrogen-bond donors (Lipinski definition) is 0. The molecule has 3 heterocycles. The predicted molar refractivity (Wildman–Crippen MR) is 85.4 cm³/mol. The van der Waals surface area contributed by atoms with E-state index in [1.165, 1.54) is 0 Å². The van der Waals surface area contributed by atoms with Crippen LogP contribution in [0.25, 0.3) is 0 Å². The fourth-order valence-corrected chi connectivity index (χ4v) is 2.60. The summed E-state index contributed by atoms with van der Waals surface area (Å²) in [5, 5.41) is 0. The van der Waals surface area contributed by atoms with E-state index in [4.69, 9.17) is 14.0 Å². The van der Waals surface area contributed by atoms with Crippen LogP contribution in [0.15, 0.2) is 12.4 Å². The second kappa shape index (κ2) is 5.47. The highest BCUT2D eigenvalue weighted by molar-refractivity contribution is 6.61. The lowest BCUT2D eigenvalue weighted by atomic mass is 9.81. The molecule has 1 atom stereocenters. The lowest BCUT2D eigenvalue weighted by Gasteiger charge is -2.33. The summed E-state index contributed by atoms with van der Waals surface area (Å²) in [6, 6.07) is 0.288. The van der Waals surface area contributed by atoms with E-state index in [0.717, 1.165) is 18.0 Å². The van der Waals surface area contributed by atoms with Crippen LogP contribution in [-0.4, -0.2) is 54.1 Å². The highest BCUT2D eigenvalue weighted by atomic mass is 16.7. The first-order valence-corrected chi connectivity index (χ1v) is 7.82. The van der Waals surface area contributed by atoms with Gasteiger partial charge in [-0.05, 0) is 34.6 Å². The summed E-state index contributed by atoms with van der Waals surface area (Å²) in [7, 11) is -0.416. The zero-order valence-corrected chi connectivity index (χ0v) is 14.0. The Labute approximate surface area is 132 Å². The van der Waals surface area contributed by atoms with Gasteiger partial charge in [-0.1, -0.05) is 0 Å². The molecule has 3 rings (SSSR count). The van der Waals surface area contributed by atoms with Crippen LogP contribution >= 0.6 is 0 Å². The third-order valence-electron chi connectivity index (χ3n) is 4.81. The highest BCUT2D eigenvalue weighted by Gasteiger charge is 2.52. The second-order valence-corrected chi connectivity index (χ2v) is 7.02. The number of hydrogen-bond acceptors (Lipinski definition) is 6. The molecule has 0 spiro atoms. The van der Waals surface area contributed by atoms with Crippen molar-refractivity contribution in [3.05, 3.63) is 12.4 Å². The first-order valence-electron chi connectivity index (χ1n) is 7.82. The molecule has 1 aromatic heterocycles. The van der Waals surface area contributed by atoms with E-state index in [2.05, 4.69) is 21.8 Å². The molecule has 0 unspecified atom stereocenters. The molecule has 2 saturated heterocycles. The van der Waals surface area contributed by atoms with Crippen LogP contribution in [0.4, 0.5) is 5.95 Å². The third kappa shape index (κ3) is 2.73. The molecular formula is C15H24BN3O3. The van der Waals surface area contributed by atoms with Crippen molar-refractivity contribution in [3.63, 3.8) is 0 Å². The molecule has 2 aliphatic rings. The molecule has 0 saturated carbocycles. The largest absolute Gasteiger partial charge is 0.498 e. The van der Waals surface area contributed by atoms with Gasteiger partial charge in [0.05, 0.1) is 30.5 Å². The molecule has 7 heteroatoms. The summed E-state index contributed by atoms with van der Waals surface area (Å²) in [5.74, 6) is 0.732. The molecule has 6 nitrogen and oxygen atoms in total. The SMILES string of the molecule is C[C@H]1COCCN1c1ncc(B2OC(C)(C)C(C)(C)O2)cn1. The summed E-state index contributed by atoms with van der Waals surface area (Å²) in [5.41, 5.74) is 0.146. The van der Waals surface area contributed by atoms with E-state index < -0.39 is 7.12 Å². The van der Waals surface area contributed by atoms with E-state index >= 15 is 0 Å². The minimum atomic E-state index is -0.416. The average molecular weight is 305 g/mol. The maximum absolute atomic E-state index is 6.02. The molecule has 22 heavy (non-hydrogen) atoms. The van der Waals surface area contributed by atoms with Crippen molar-refractivity contribution in [3.8, 4) is 0 Å². The standard InChI is InChI=1S/C15H24BN3O3/c1-11-10-20-7-6-19(11)13-17-8-12(9-18-13)16-21-14(2,3)15(4,5)22-16/h8-9,11H,6-7,10H2,1-5H3/t11-/m0/s1. The molecule has 120 valence electrons. The van der Waals surface area contributed by atoms with E-state index in [0.29, 0.717) is 13.2 Å². The Balaban J connectivity index is 1.75. The van der Waals surface area contributed by atoms with Gasteiger partial charge in [-0.2, -0.15) is 0 Å². The lowest BCUT2D eigenvalue weighted by molar-refractivity contribution is 0.00578. The second-order valence-electron chi connectivity index (χ2n) is 7.02. The smallest absolute Gasteiger partial charge is 0.399 e. The Morgan fingerprint density at radius 1 is 1.14 bits per heavy atom. The van der Waals surface area contributed by atoms with E-state index in [1.54, 1.807) is 12.4 Å². The van der Waals surface area contributed by atoms with Gasteiger partial charge in [-0.25, -0.2) is 9.97 Å². The number of anilines is 1. The fourth-order valence-electron chi connectivity index (χ4n) is 2.60. The fraction of sp³-hybridized carbons (Fsp3) is 0.733. The monoisotopic (exact) mass is 305 g/mol. The number of morpholine rings is 1. The molecule has 0 aromatic carbocycles. The van der Waals surface area contributed by atoms with Gasteiger partial charge < -0.3 is 18.9 Å². The molecule has 0 aliphatic carbocycles. The number of rotatable bonds is 2. The summed E-state index contributed by atoms with van der Waals surface area (Å²) >= 11 is 0. The Morgan fingerprint density at radius 2 is 1.73 bits per heavy atom. The lowest BCUT2D eigenvalue weighted by Crippen LogP contribution is -2.45. The van der Waals surface area contributed by atoms with Gasteiger partial charge in [0, 0.05) is 24.4 Å². The molecule has 0 N–H and O–H groups in total. The van der Waals surface area contributed by atoms with Crippen molar-refractivity contribution in [2.45, 2.75) is 51.9 Å². The zero-order chi connectivity index (χ0) is 16.0. The van der Waals surface area contributed by atoms with Crippen molar-refractivity contribution in [1.29, 1.82) is 0 Å². The zero-order valence-electron chi connectivity index (χ0n) is 14.0. The quantitative estimate of drug-likeness (QED) is 0.760. The van der Waals surface area contributed by atoms with Gasteiger partial charge in [-0.15, -0.1) is 0 Å². The summed E-state index contributed by atoms with van der Waals surface area (Å²) in [4.78, 5) is 11.1. The Kier molecular flexibility index (Phi) is 3.91. The summed E-state index contributed by atoms with van der Waals surface area (Å²) in [6.07, 6.45) is 3.60. The van der Waals surface area contributed by atoms with Crippen LogP contribution in [0.1, 0.15) is 34.6 Å². The van der Waals surface area contributed by atoms with Crippen LogP contribution in [-0.2, 0) is 14.0 Å². The first kappa shape index (κ1) is 15.7. The molecule has 0 bridgehead atoms. The van der Waals surface area contributed by atoms with Gasteiger partial charge in [0.2, 0.25) is 5.95 Å². The van der Waals surface area contributed by atoms with E-state index in [9.17, 15) is 0 Å². The predicted octanol–water partition coefficient (Wildman–Crippen LogP) is 1.00.